The molecule has 1 nitrogen and oxygen atoms in total. The Morgan fingerprint density at radius 3 is 2.79 bits per heavy atom. The van der Waals surface area contributed by atoms with Crippen molar-refractivity contribution >= 4 is 32.1 Å². The van der Waals surface area contributed by atoms with Gasteiger partial charge in [-0.15, -0.1) is 22.7 Å². The van der Waals surface area contributed by atoms with Gasteiger partial charge in [-0.05, 0) is 43.2 Å². The standard InChI is InChI=1S/C11H14OS2/c1-7-6-13-11-10(7)8(2)9(14-11)4-3-5-12/h6,12H,3-5H2,1-2H3. The molecule has 0 saturated heterocycles. The number of hydrogen-bond donors (Lipinski definition) is 1. The van der Waals surface area contributed by atoms with Gasteiger partial charge in [0.15, 0.2) is 0 Å². The van der Waals surface area contributed by atoms with Crippen LogP contribution < -0.4 is 0 Å². The van der Waals surface area contributed by atoms with Crippen LogP contribution in [-0.4, -0.2) is 11.7 Å². The summed E-state index contributed by atoms with van der Waals surface area (Å²) in [4.78, 5) is 1.45. The van der Waals surface area contributed by atoms with Gasteiger partial charge in [-0.25, -0.2) is 0 Å². The molecule has 0 aliphatic rings. The van der Waals surface area contributed by atoms with Crippen LogP contribution >= 0.6 is 22.7 Å². The first-order valence-corrected chi connectivity index (χ1v) is 6.50. The van der Waals surface area contributed by atoms with Crippen molar-refractivity contribution in [3.8, 4) is 0 Å². The highest BCUT2D eigenvalue weighted by Crippen LogP contribution is 2.37. The van der Waals surface area contributed by atoms with Gasteiger partial charge in [-0.3, -0.25) is 0 Å². The van der Waals surface area contributed by atoms with Gasteiger partial charge in [0.1, 0.15) is 0 Å². The first-order valence-electron chi connectivity index (χ1n) is 4.81. The number of fused-ring (bicyclic) bond motifs is 1. The van der Waals surface area contributed by atoms with Crippen LogP contribution in [0, 0.1) is 13.8 Å². The molecule has 0 atom stereocenters. The fourth-order valence-corrected chi connectivity index (χ4v) is 4.36. The number of hydrogen-bond acceptors (Lipinski definition) is 3. The molecule has 0 unspecified atom stereocenters. The Morgan fingerprint density at radius 1 is 1.36 bits per heavy atom. The van der Waals surface area contributed by atoms with E-state index in [1.807, 2.05) is 22.7 Å². The summed E-state index contributed by atoms with van der Waals surface area (Å²) in [5.41, 5.74) is 2.83. The minimum Gasteiger partial charge on any atom is -0.396 e. The van der Waals surface area contributed by atoms with Crippen LogP contribution in [0.4, 0.5) is 0 Å². The Balaban J connectivity index is 2.42. The lowest BCUT2D eigenvalue weighted by molar-refractivity contribution is 0.289. The van der Waals surface area contributed by atoms with Crippen molar-refractivity contribution in [3.63, 3.8) is 0 Å². The summed E-state index contributed by atoms with van der Waals surface area (Å²) >= 11 is 3.73. The van der Waals surface area contributed by atoms with Gasteiger partial charge in [0, 0.05) is 16.9 Å². The second-order valence-corrected chi connectivity index (χ2v) is 5.80. The zero-order chi connectivity index (χ0) is 10.1. The molecular formula is C11H14OS2. The molecule has 0 fully saturated rings. The summed E-state index contributed by atoms with van der Waals surface area (Å²) in [5, 5.41) is 12.5. The first kappa shape index (κ1) is 10.1. The normalized spacial score (nSPS) is 11.4. The summed E-state index contributed by atoms with van der Waals surface area (Å²) in [6.07, 6.45) is 1.90. The fourth-order valence-electron chi connectivity index (χ4n) is 1.75. The maximum atomic E-state index is 8.81. The van der Waals surface area contributed by atoms with Gasteiger partial charge < -0.3 is 5.11 Å². The van der Waals surface area contributed by atoms with E-state index in [9.17, 15) is 0 Å². The van der Waals surface area contributed by atoms with Crippen molar-refractivity contribution in [1.82, 2.24) is 0 Å². The SMILES string of the molecule is Cc1csc2sc(CCCO)c(C)c12. The van der Waals surface area contributed by atoms with Gasteiger partial charge in [-0.2, -0.15) is 0 Å². The van der Waals surface area contributed by atoms with E-state index in [4.69, 9.17) is 5.11 Å². The Kier molecular flexibility index (Phi) is 2.91. The van der Waals surface area contributed by atoms with E-state index < -0.39 is 0 Å². The van der Waals surface area contributed by atoms with E-state index in [1.54, 1.807) is 0 Å². The van der Waals surface area contributed by atoms with E-state index in [-0.39, 0.29) is 0 Å². The zero-order valence-corrected chi connectivity index (χ0v) is 10.1. The second kappa shape index (κ2) is 4.01. The van der Waals surface area contributed by atoms with Crippen molar-refractivity contribution in [2.45, 2.75) is 26.7 Å². The average molecular weight is 226 g/mol. The molecular weight excluding hydrogens is 212 g/mol. The number of aliphatic hydroxyl groups excluding tert-OH is 1. The van der Waals surface area contributed by atoms with E-state index in [0.717, 1.165) is 12.8 Å². The van der Waals surface area contributed by atoms with Gasteiger partial charge in [0.2, 0.25) is 0 Å². The van der Waals surface area contributed by atoms with E-state index in [2.05, 4.69) is 19.2 Å². The van der Waals surface area contributed by atoms with Crippen LogP contribution in [0.2, 0.25) is 0 Å². The topological polar surface area (TPSA) is 20.2 Å². The Labute approximate surface area is 92.0 Å². The number of rotatable bonds is 3. The van der Waals surface area contributed by atoms with Gasteiger partial charge in [0.05, 0.1) is 4.01 Å². The summed E-state index contributed by atoms with van der Waals surface area (Å²) in [7, 11) is 0. The van der Waals surface area contributed by atoms with Crippen molar-refractivity contribution in [1.29, 1.82) is 0 Å². The van der Waals surface area contributed by atoms with Crippen LogP contribution in [0.3, 0.4) is 0 Å². The molecule has 0 radical (unpaired) electrons. The smallest absolute Gasteiger partial charge is 0.0873 e. The van der Waals surface area contributed by atoms with Crippen molar-refractivity contribution in [3.05, 3.63) is 21.4 Å². The summed E-state index contributed by atoms with van der Waals surface area (Å²) < 4.78 is 1.44. The maximum Gasteiger partial charge on any atom is 0.0873 e. The molecule has 14 heavy (non-hydrogen) atoms. The largest absolute Gasteiger partial charge is 0.396 e. The Morgan fingerprint density at radius 2 is 2.14 bits per heavy atom. The predicted molar refractivity (Wildman–Crippen MR) is 64.6 cm³/mol. The minimum atomic E-state index is 0.296. The molecule has 1 N–H and O–H groups in total. The molecule has 3 heteroatoms. The van der Waals surface area contributed by atoms with E-state index >= 15 is 0 Å². The van der Waals surface area contributed by atoms with Gasteiger partial charge in [-0.1, -0.05) is 0 Å². The van der Waals surface area contributed by atoms with E-state index in [0.29, 0.717) is 6.61 Å². The molecule has 2 aromatic heterocycles. The molecule has 0 bridgehead atoms. The Bertz CT molecular complexity index is 439. The summed E-state index contributed by atoms with van der Waals surface area (Å²) in [6, 6.07) is 0. The van der Waals surface area contributed by atoms with Crippen LogP contribution in [0.15, 0.2) is 5.38 Å². The zero-order valence-electron chi connectivity index (χ0n) is 8.46. The molecule has 0 spiro atoms. The molecule has 76 valence electrons. The predicted octanol–water partition coefficient (Wildman–Crippen LogP) is 3.50. The summed E-state index contributed by atoms with van der Waals surface area (Å²) in [5.74, 6) is 0. The lowest BCUT2D eigenvalue weighted by atomic mass is 10.1. The third-order valence-electron chi connectivity index (χ3n) is 2.51. The molecule has 0 aliphatic carbocycles. The van der Waals surface area contributed by atoms with Crippen molar-refractivity contribution < 1.29 is 5.11 Å². The fraction of sp³-hybridized carbons (Fsp3) is 0.455. The van der Waals surface area contributed by atoms with Gasteiger partial charge >= 0.3 is 0 Å². The highest BCUT2D eigenvalue weighted by molar-refractivity contribution is 7.37. The van der Waals surface area contributed by atoms with Crippen LogP contribution in [0.1, 0.15) is 22.4 Å². The molecule has 0 aliphatic heterocycles. The minimum absolute atomic E-state index is 0.296. The lowest BCUT2D eigenvalue weighted by Gasteiger charge is -1.97. The molecule has 2 heterocycles. The average Bonchev–Trinajstić information content (AvgIpc) is 2.67. The van der Waals surface area contributed by atoms with Crippen molar-refractivity contribution in [2.24, 2.45) is 0 Å². The summed E-state index contributed by atoms with van der Waals surface area (Å²) in [6.45, 7) is 4.67. The number of thiophene rings is 2. The maximum absolute atomic E-state index is 8.81. The van der Waals surface area contributed by atoms with Crippen LogP contribution in [-0.2, 0) is 6.42 Å². The molecule has 0 saturated carbocycles. The second-order valence-electron chi connectivity index (χ2n) is 3.56. The number of aryl methyl sites for hydroxylation is 3. The first-order chi connectivity index (χ1) is 6.74. The van der Waals surface area contributed by atoms with Crippen molar-refractivity contribution in [2.75, 3.05) is 6.61 Å². The molecule has 0 aromatic carbocycles. The quantitative estimate of drug-likeness (QED) is 0.849. The highest BCUT2D eigenvalue weighted by Gasteiger charge is 2.11. The highest BCUT2D eigenvalue weighted by atomic mass is 32.2. The van der Waals surface area contributed by atoms with Gasteiger partial charge in [0.25, 0.3) is 0 Å². The molecule has 0 amide bonds. The molecule has 2 aromatic rings. The number of aliphatic hydroxyl groups is 1. The third kappa shape index (κ3) is 1.60. The van der Waals surface area contributed by atoms with E-state index in [1.165, 1.54) is 25.4 Å². The lowest BCUT2D eigenvalue weighted by Crippen LogP contribution is -1.88. The van der Waals surface area contributed by atoms with Crippen LogP contribution in [0.5, 0.6) is 0 Å². The third-order valence-corrected chi connectivity index (χ3v) is 5.09. The molecule has 2 rings (SSSR count). The van der Waals surface area contributed by atoms with Crippen LogP contribution in [0.25, 0.3) is 9.40 Å². The monoisotopic (exact) mass is 226 g/mol. The Hall–Kier alpha value is -0.380.